The van der Waals surface area contributed by atoms with Gasteiger partial charge in [-0.3, -0.25) is 4.79 Å². The van der Waals surface area contributed by atoms with E-state index >= 15 is 0 Å². The first-order chi connectivity index (χ1) is 14.1. The Kier molecular flexibility index (Phi) is 4.71. The average molecular weight is 413 g/mol. The molecule has 7 heteroatoms. The third kappa shape index (κ3) is 3.38. The quantitative estimate of drug-likeness (QED) is 0.619. The minimum atomic E-state index is -4.45. The fourth-order valence-electron chi connectivity index (χ4n) is 4.14. The van der Waals surface area contributed by atoms with Crippen LogP contribution in [0, 0.1) is 13.8 Å². The minimum absolute atomic E-state index is 0.00284. The number of hydrogen-bond acceptors (Lipinski definition) is 2. The van der Waals surface area contributed by atoms with E-state index in [2.05, 4.69) is 10.4 Å². The molecule has 0 saturated carbocycles. The van der Waals surface area contributed by atoms with Crippen LogP contribution in [0.15, 0.2) is 42.5 Å². The molecule has 1 aliphatic heterocycles. The standard InChI is InChI=1S/C23H22F3N3O/c1-12(2)21-18-19(15-6-5-7-16(11-15)23(24,25)26)27-22(30)20(18)28-29(21)17-9-13(3)8-14(4)10-17/h5-12,19H,1-4H3,(H,27,30). The number of aromatic nitrogens is 2. The molecule has 0 spiro atoms. The van der Waals surface area contributed by atoms with E-state index in [9.17, 15) is 18.0 Å². The first-order valence-corrected chi connectivity index (χ1v) is 9.75. The lowest BCUT2D eigenvalue weighted by atomic mass is 9.94. The van der Waals surface area contributed by atoms with Gasteiger partial charge in [0.15, 0.2) is 5.69 Å². The van der Waals surface area contributed by atoms with Crippen molar-refractivity contribution < 1.29 is 18.0 Å². The lowest BCUT2D eigenvalue weighted by Gasteiger charge is -2.19. The third-order valence-corrected chi connectivity index (χ3v) is 5.28. The molecule has 1 N–H and O–H groups in total. The highest BCUT2D eigenvalue weighted by atomic mass is 19.4. The minimum Gasteiger partial charge on any atom is -0.340 e. The van der Waals surface area contributed by atoms with Gasteiger partial charge in [0.1, 0.15) is 0 Å². The second-order valence-electron chi connectivity index (χ2n) is 8.09. The number of nitrogens with zero attached hydrogens (tertiary/aromatic N) is 2. The highest BCUT2D eigenvalue weighted by Crippen LogP contribution is 2.39. The first-order valence-electron chi connectivity index (χ1n) is 9.75. The lowest BCUT2D eigenvalue weighted by molar-refractivity contribution is -0.137. The zero-order valence-electron chi connectivity index (χ0n) is 17.1. The molecule has 0 radical (unpaired) electrons. The van der Waals surface area contributed by atoms with Crippen LogP contribution in [-0.4, -0.2) is 15.7 Å². The van der Waals surface area contributed by atoms with Crippen molar-refractivity contribution in [2.75, 3.05) is 0 Å². The zero-order chi connectivity index (χ0) is 21.8. The number of rotatable bonds is 3. The highest BCUT2D eigenvalue weighted by molar-refractivity contribution is 5.98. The van der Waals surface area contributed by atoms with Crippen molar-refractivity contribution in [1.29, 1.82) is 0 Å². The molecule has 1 aromatic heterocycles. The van der Waals surface area contributed by atoms with Crippen molar-refractivity contribution in [2.24, 2.45) is 0 Å². The van der Waals surface area contributed by atoms with Crippen LogP contribution in [0.5, 0.6) is 0 Å². The maximum Gasteiger partial charge on any atom is 0.416 e. The summed E-state index contributed by atoms with van der Waals surface area (Å²) in [5.74, 6) is -0.375. The van der Waals surface area contributed by atoms with E-state index in [1.807, 2.05) is 45.9 Å². The predicted octanol–water partition coefficient (Wildman–Crippen LogP) is 5.46. The van der Waals surface area contributed by atoms with Crippen LogP contribution in [0.3, 0.4) is 0 Å². The van der Waals surface area contributed by atoms with Gasteiger partial charge in [0.25, 0.3) is 5.91 Å². The number of aryl methyl sites for hydroxylation is 2. The molecule has 3 aromatic rings. The summed E-state index contributed by atoms with van der Waals surface area (Å²) in [6, 6.07) is 10.4. The van der Waals surface area contributed by atoms with Crippen LogP contribution in [0.1, 0.15) is 69.8 Å². The first kappa shape index (κ1) is 20.2. The van der Waals surface area contributed by atoms with E-state index in [4.69, 9.17) is 0 Å². The van der Waals surface area contributed by atoms with E-state index in [-0.39, 0.29) is 17.5 Å². The molecule has 2 heterocycles. The van der Waals surface area contributed by atoms with Crippen molar-refractivity contribution >= 4 is 5.91 Å². The second kappa shape index (κ2) is 7.00. The number of carbonyl (C=O) groups is 1. The maximum atomic E-state index is 13.2. The van der Waals surface area contributed by atoms with E-state index in [1.54, 1.807) is 10.7 Å². The van der Waals surface area contributed by atoms with E-state index in [0.29, 0.717) is 11.1 Å². The molecule has 1 aliphatic rings. The summed E-state index contributed by atoms with van der Waals surface area (Å²) in [7, 11) is 0. The van der Waals surface area contributed by atoms with Crippen LogP contribution in [0.4, 0.5) is 13.2 Å². The van der Waals surface area contributed by atoms with E-state index in [0.717, 1.165) is 34.6 Å². The topological polar surface area (TPSA) is 46.9 Å². The largest absolute Gasteiger partial charge is 0.416 e. The SMILES string of the molecule is Cc1cc(C)cc(-n2nc3c(c2C(C)C)C(c2cccc(C(F)(F)F)c2)NC3=O)c1. The van der Waals surface area contributed by atoms with Crippen molar-refractivity contribution in [1.82, 2.24) is 15.1 Å². The Morgan fingerprint density at radius 2 is 1.73 bits per heavy atom. The smallest absolute Gasteiger partial charge is 0.340 e. The van der Waals surface area contributed by atoms with Gasteiger partial charge in [0.2, 0.25) is 0 Å². The second-order valence-corrected chi connectivity index (χ2v) is 8.09. The van der Waals surface area contributed by atoms with Gasteiger partial charge in [-0.05, 0) is 60.7 Å². The van der Waals surface area contributed by atoms with Crippen molar-refractivity contribution in [2.45, 2.75) is 45.8 Å². The van der Waals surface area contributed by atoms with Crippen molar-refractivity contribution in [3.63, 3.8) is 0 Å². The van der Waals surface area contributed by atoms with Crippen molar-refractivity contribution in [3.8, 4) is 5.69 Å². The number of nitrogens with one attached hydrogen (secondary N) is 1. The maximum absolute atomic E-state index is 13.2. The Hall–Kier alpha value is -3.09. The molecule has 1 unspecified atom stereocenters. The predicted molar refractivity (Wildman–Crippen MR) is 108 cm³/mol. The summed E-state index contributed by atoms with van der Waals surface area (Å²) >= 11 is 0. The zero-order valence-corrected chi connectivity index (χ0v) is 17.1. The molecular weight excluding hydrogens is 391 g/mol. The molecule has 0 aliphatic carbocycles. The molecule has 1 atom stereocenters. The van der Waals surface area contributed by atoms with Gasteiger partial charge in [-0.25, -0.2) is 4.68 Å². The number of halogens is 3. The third-order valence-electron chi connectivity index (χ3n) is 5.28. The van der Waals surface area contributed by atoms with Gasteiger partial charge in [-0.15, -0.1) is 0 Å². The van der Waals surface area contributed by atoms with Gasteiger partial charge in [-0.2, -0.15) is 18.3 Å². The molecule has 2 aromatic carbocycles. The summed E-state index contributed by atoms with van der Waals surface area (Å²) in [6.45, 7) is 7.95. The molecule has 0 fully saturated rings. The molecule has 4 rings (SSSR count). The summed E-state index contributed by atoms with van der Waals surface area (Å²) in [5, 5.41) is 7.38. The Balaban J connectivity index is 1.91. The molecular formula is C23H22F3N3O. The number of benzene rings is 2. The summed E-state index contributed by atoms with van der Waals surface area (Å²) in [6.07, 6.45) is -4.45. The number of alkyl halides is 3. The molecule has 1 amide bonds. The Morgan fingerprint density at radius 1 is 1.07 bits per heavy atom. The normalized spacial score (nSPS) is 16.1. The summed E-state index contributed by atoms with van der Waals surface area (Å²) in [5.41, 5.74) is 4.34. The van der Waals surface area contributed by atoms with Crippen LogP contribution < -0.4 is 5.32 Å². The van der Waals surface area contributed by atoms with Gasteiger partial charge in [-0.1, -0.05) is 32.0 Å². The van der Waals surface area contributed by atoms with Gasteiger partial charge >= 0.3 is 6.18 Å². The number of hydrogen-bond donors (Lipinski definition) is 1. The van der Waals surface area contributed by atoms with E-state index in [1.165, 1.54) is 6.07 Å². The number of fused-ring (bicyclic) bond motifs is 1. The van der Waals surface area contributed by atoms with Gasteiger partial charge in [0, 0.05) is 5.56 Å². The summed E-state index contributed by atoms with van der Waals surface area (Å²) in [4.78, 5) is 12.7. The fourth-order valence-corrected chi connectivity index (χ4v) is 4.14. The molecule has 0 saturated heterocycles. The highest BCUT2D eigenvalue weighted by Gasteiger charge is 2.39. The van der Waals surface area contributed by atoms with Crippen molar-refractivity contribution in [3.05, 3.63) is 81.7 Å². The molecule has 0 bridgehead atoms. The monoisotopic (exact) mass is 413 g/mol. The van der Waals surface area contributed by atoms with Crippen LogP contribution >= 0.6 is 0 Å². The Morgan fingerprint density at radius 3 is 2.33 bits per heavy atom. The molecule has 30 heavy (non-hydrogen) atoms. The van der Waals surface area contributed by atoms with Gasteiger partial charge in [0.05, 0.1) is 23.0 Å². The van der Waals surface area contributed by atoms with E-state index < -0.39 is 17.8 Å². The lowest BCUT2D eigenvalue weighted by Crippen LogP contribution is -2.23. The molecule has 156 valence electrons. The Bertz CT molecular complexity index is 1120. The number of amides is 1. The van der Waals surface area contributed by atoms with Crippen LogP contribution in [0.2, 0.25) is 0 Å². The summed E-state index contributed by atoms with van der Waals surface area (Å²) < 4.78 is 41.5. The molecule has 4 nitrogen and oxygen atoms in total. The Labute approximate surface area is 172 Å². The van der Waals surface area contributed by atoms with Crippen LogP contribution in [0.25, 0.3) is 5.69 Å². The van der Waals surface area contributed by atoms with Gasteiger partial charge < -0.3 is 5.32 Å². The van der Waals surface area contributed by atoms with Crippen LogP contribution in [-0.2, 0) is 6.18 Å². The average Bonchev–Trinajstić information content (AvgIpc) is 3.18. The number of carbonyl (C=O) groups excluding carboxylic acids is 1. The fraction of sp³-hybridized carbons (Fsp3) is 0.304.